The normalized spacial score (nSPS) is 10.5. The Morgan fingerprint density at radius 1 is 1.10 bits per heavy atom. The first-order valence-electron chi connectivity index (χ1n) is 6.03. The Morgan fingerprint density at radius 2 is 1.71 bits per heavy atom. The van der Waals surface area contributed by atoms with Gasteiger partial charge in [-0.15, -0.1) is 0 Å². The smallest absolute Gasteiger partial charge is 0.255 e. The predicted molar refractivity (Wildman–Crippen MR) is 76.3 cm³/mol. The van der Waals surface area contributed by atoms with Crippen molar-refractivity contribution in [2.45, 2.75) is 6.54 Å². The van der Waals surface area contributed by atoms with Gasteiger partial charge >= 0.3 is 0 Å². The third-order valence-corrected chi connectivity index (χ3v) is 3.59. The van der Waals surface area contributed by atoms with Crippen molar-refractivity contribution in [3.8, 4) is 0 Å². The molecule has 2 aromatic rings. The molecule has 0 aromatic heterocycles. The molecule has 0 N–H and O–H groups in total. The minimum atomic E-state index is -0.715. The van der Waals surface area contributed by atoms with E-state index in [4.69, 9.17) is 0 Å². The van der Waals surface area contributed by atoms with Crippen molar-refractivity contribution in [2.24, 2.45) is 0 Å². The zero-order valence-electron chi connectivity index (χ0n) is 11.0. The second kappa shape index (κ2) is 6.30. The minimum Gasteiger partial charge on any atom is -0.337 e. The van der Waals surface area contributed by atoms with Crippen LogP contribution in [0.15, 0.2) is 40.9 Å². The van der Waals surface area contributed by atoms with Crippen LogP contribution in [0, 0.1) is 17.5 Å². The maximum Gasteiger partial charge on any atom is 0.255 e. The van der Waals surface area contributed by atoms with Crippen molar-refractivity contribution in [1.29, 1.82) is 0 Å². The number of hydrogen-bond acceptors (Lipinski definition) is 1. The van der Waals surface area contributed by atoms with E-state index in [2.05, 4.69) is 15.9 Å². The number of carbonyl (C=O) groups excluding carboxylic acids is 1. The molecular weight excluding hydrogens is 347 g/mol. The minimum absolute atomic E-state index is 0.0191. The highest BCUT2D eigenvalue weighted by atomic mass is 79.9. The Balaban J connectivity index is 2.19. The molecule has 2 rings (SSSR count). The lowest BCUT2D eigenvalue weighted by atomic mass is 10.1. The van der Waals surface area contributed by atoms with Gasteiger partial charge in [-0.1, -0.05) is 6.07 Å². The molecule has 0 unspecified atom stereocenters. The summed E-state index contributed by atoms with van der Waals surface area (Å²) in [5, 5.41) is 0. The lowest BCUT2D eigenvalue weighted by molar-refractivity contribution is 0.0783. The lowest BCUT2D eigenvalue weighted by Gasteiger charge is -2.18. The second-order valence-electron chi connectivity index (χ2n) is 4.52. The van der Waals surface area contributed by atoms with Gasteiger partial charge in [0.1, 0.15) is 17.5 Å². The molecule has 6 heteroatoms. The summed E-state index contributed by atoms with van der Waals surface area (Å²) in [6, 6.07) is 6.88. The fraction of sp³-hybridized carbons (Fsp3) is 0.133. The van der Waals surface area contributed by atoms with E-state index in [0.29, 0.717) is 4.47 Å². The molecule has 110 valence electrons. The number of nitrogens with zero attached hydrogens (tertiary/aromatic N) is 1. The summed E-state index contributed by atoms with van der Waals surface area (Å²) in [5.74, 6) is -2.25. The Labute approximate surface area is 128 Å². The van der Waals surface area contributed by atoms with Gasteiger partial charge in [-0.05, 0) is 40.2 Å². The SMILES string of the molecule is CN(Cc1ccc(F)cc1F)C(=O)c1ccc(F)cc1Br. The van der Waals surface area contributed by atoms with Crippen LogP contribution in [0.4, 0.5) is 13.2 Å². The Morgan fingerprint density at radius 3 is 2.33 bits per heavy atom. The summed E-state index contributed by atoms with van der Waals surface area (Å²) in [6.07, 6.45) is 0. The van der Waals surface area contributed by atoms with E-state index in [0.717, 1.165) is 12.1 Å². The molecule has 0 spiro atoms. The van der Waals surface area contributed by atoms with Gasteiger partial charge in [0.25, 0.3) is 5.91 Å². The molecule has 0 radical (unpaired) electrons. The molecule has 2 nitrogen and oxygen atoms in total. The van der Waals surface area contributed by atoms with Gasteiger partial charge in [-0.2, -0.15) is 0 Å². The molecule has 0 aliphatic carbocycles. The zero-order chi connectivity index (χ0) is 15.6. The number of halogens is 4. The third-order valence-electron chi connectivity index (χ3n) is 2.93. The molecule has 0 bridgehead atoms. The fourth-order valence-electron chi connectivity index (χ4n) is 1.85. The number of carbonyl (C=O) groups is 1. The van der Waals surface area contributed by atoms with E-state index < -0.39 is 23.4 Å². The van der Waals surface area contributed by atoms with Gasteiger partial charge in [0.2, 0.25) is 0 Å². The lowest BCUT2D eigenvalue weighted by Crippen LogP contribution is -2.27. The highest BCUT2D eigenvalue weighted by Gasteiger charge is 2.17. The van der Waals surface area contributed by atoms with E-state index in [9.17, 15) is 18.0 Å². The number of amides is 1. The first-order chi connectivity index (χ1) is 9.88. The van der Waals surface area contributed by atoms with E-state index in [1.807, 2.05) is 0 Å². The maximum absolute atomic E-state index is 13.6. The molecule has 0 saturated carbocycles. The molecule has 2 aromatic carbocycles. The van der Waals surface area contributed by atoms with E-state index >= 15 is 0 Å². The molecule has 0 atom stereocenters. The number of benzene rings is 2. The highest BCUT2D eigenvalue weighted by Crippen LogP contribution is 2.20. The van der Waals surface area contributed by atoms with Gasteiger partial charge < -0.3 is 4.90 Å². The summed E-state index contributed by atoms with van der Waals surface area (Å²) in [7, 11) is 1.49. The van der Waals surface area contributed by atoms with Gasteiger partial charge in [0.15, 0.2) is 0 Å². The average molecular weight is 358 g/mol. The first-order valence-corrected chi connectivity index (χ1v) is 6.82. The van der Waals surface area contributed by atoms with E-state index in [1.54, 1.807) is 0 Å². The predicted octanol–water partition coefficient (Wildman–Crippen LogP) is 4.14. The molecule has 0 heterocycles. The molecule has 21 heavy (non-hydrogen) atoms. The topological polar surface area (TPSA) is 20.3 Å². The van der Waals surface area contributed by atoms with Crippen LogP contribution in [-0.4, -0.2) is 17.9 Å². The first kappa shape index (κ1) is 15.6. The van der Waals surface area contributed by atoms with Crippen LogP contribution >= 0.6 is 15.9 Å². The zero-order valence-corrected chi connectivity index (χ0v) is 12.6. The van der Waals surface area contributed by atoms with Crippen LogP contribution in [0.1, 0.15) is 15.9 Å². The molecule has 0 fully saturated rings. The fourth-order valence-corrected chi connectivity index (χ4v) is 2.37. The van der Waals surface area contributed by atoms with E-state index in [1.165, 1.54) is 36.2 Å². The van der Waals surface area contributed by atoms with Crippen molar-refractivity contribution >= 4 is 21.8 Å². The quantitative estimate of drug-likeness (QED) is 0.808. The van der Waals surface area contributed by atoms with Crippen molar-refractivity contribution in [1.82, 2.24) is 4.90 Å². The van der Waals surface area contributed by atoms with Crippen LogP contribution in [0.3, 0.4) is 0 Å². The number of rotatable bonds is 3. The van der Waals surface area contributed by atoms with Crippen molar-refractivity contribution in [3.63, 3.8) is 0 Å². The monoisotopic (exact) mass is 357 g/mol. The molecule has 0 aliphatic rings. The number of hydrogen-bond donors (Lipinski definition) is 0. The standard InChI is InChI=1S/C15H11BrF3NO/c1-20(8-9-2-3-11(18)7-14(9)19)15(21)12-5-4-10(17)6-13(12)16/h2-7H,8H2,1H3. The third kappa shape index (κ3) is 3.64. The maximum atomic E-state index is 13.6. The van der Waals surface area contributed by atoms with Gasteiger partial charge in [0, 0.05) is 29.7 Å². The molecule has 0 aliphatic heterocycles. The van der Waals surface area contributed by atoms with Gasteiger partial charge in [-0.25, -0.2) is 13.2 Å². The van der Waals surface area contributed by atoms with Crippen LogP contribution in [0.25, 0.3) is 0 Å². The van der Waals surface area contributed by atoms with Gasteiger partial charge in [0.05, 0.1) is 5.56 Å². The van der Waals surface area contributed by atoms with Crippen molar-refractivity contribution < 1.29 is 18.0 Å². The van der Waals surface area contributed by atoms with Crippen molar-refractivity contribution in [2.75, 3.05) is 7.05 Å². The highest BCUT2D eigenvalue weighted by molar-refractivity contribution is 9.10. The average Bonchev–Trinajstić information content (AvgIpc) is 2.41. The Hall–Kier alpha value is -1.82. The van der Waals surface area contributed by atoms with Crippen LogP contribution in [0.5, 0.6) is 0 Å². The Bertz CT molecular complexity index is 691. The summed E-state index contributed by atoms with van der Waals surface area (Å²) in [6.45, 7) is -0.0191. The second-order valence-corrected chi connectivity index (χ2v) is 5.38. The van der Waals surface area contributed by atoms with Crippen LogP contribution in [-0.2, 0) is 6.54 Å². The molecule has 1 amide bonds. The summed E-state index contributed by atoms with van der Waals surface area (Å²) >= 11 is 3.11. The largest absolute Gasteiger partial charge is 0.337 e. The van der Waals surface area contributed by atoms with Gasteiger partial charge in [-0.3, -0.25) is 4.79 Å². The Kier molecular flexibility index (Phi) is 4.67. The summed E-state index contributed by atoms with van der Waals surface area (Å²) in [5.41, 5.74) is 0.465. The van der Waals surface area contributed by atoms with Crippen molar-refractivity contribution in [3.05, 3.63) is 69.4 Å². The summed E-state index contributed by atoms with van der Waals surface area (Å²) < 4.78 is 39.7. The van der Waals surface area contributed by atoms with Crippen LogP contribution < -0.4 is 0 Å². The summed E-state index contributed by atoms with van der Waals surface area (Å²) in [4.78, 5) is 13.5. The van der Waals surface area contributed by atoms with E-state index in [-0.39, 0.29) is 17.7 Å². The molecule has 0 saturated heterocycles. The van der Waals surface area contributed by atoms with Crippen LogP contribution in [0.2, 0.25) is 0 Å². The molecular formula is C15H11BrF3NO.